The topological polar surface area (TPSA) is 66.8 Å². The van der Waals surface area contributed by atoms with Crippen molar-refractivity contribution in [1.82, 2.24) is 0 Å². The highest BCUT2D eigenvalue weighted by atomic mass is 35.5. The standard InChI is InChI=1S/C25H23ClFNO4/c1-3-15-8-10-18-23(30)28(16-9-11-20(27)19(26)14-16)24(31)25(18,2)22(15)17-6-4-5-7-21(17)32-13-12-29/h3-9,11,14,18,22,29H,1,10,12-13H2,2H3/t18-,22+,25+/m0/s1. The van der Waals surface area contributed by atoms with Crippen LogP contribution >= 0.6 is 11.6 Å². The minimum Gasteiger partial charge on any atom is -0.491 e. The van der Waals surface area contributed by atoms with E-state index in [0.717, 1.165) is 22.1 Å². The second kappa shape index (κ2) is 8.52. The predicted octanol–water partition coefficient (Wildman–Crippen LogP) is 4.65. The molecule has 0 spiro atoms. The van der Waals surface area contributed by atoms with Crippen LogP contribution < -0.4 is 9.64 Å². The summed E-state index contributed by atoms with van der Waals surface area (Å²) >= 11 is 5.93. The van der Waals surface area contributed by atoms with Crippen molar-refractivity contribution in [3.05, 3.63) is 83.2 Å². The molecular formula is C25H23ClFNO4. The number of amides is 2. The fourth-order valence-electron chi connectivity index (χ4n) is 4.87. The number of fused-ring (bicyclic) bond motifs is 1. The van der Waals surface area contributed by atoms with Crippen molar-refractivity contribution in [2.24, 2.45) is 11.3 Å². The van der Waals surface area contributed by atoms with Gasteiger partial charge in [-0.3, -0.25) is 9.59 Å². The zero-order chi connectivity index (χ0) is 23.0. The highest BCUT2D eigenvalue weighted by Gasteiger charge is 2.62. The molecule has 0 aromatic heterocycles. The van der Waals surface area contributed by atoms with Crippen molar-refractivity contribution in [2.75, 3.05) is 18.1 Å². The van der Waals surface area contributed by atoms with Crippen LogP contribution in [0.15, 0.2) is 66.8 Å². The molecule has 5 nitrogen and oxygen atoms in total. The molecule has 4 rings (SSSR count). The molecule has 1 aliphatic carbocycles. The number of rotatable bonds is 6. The zero-order valence-corrected chi connectivity index (χ0v) is 18.3. The number of allylic oxidation sites excluding steroid dienone is 3. The number of hydrogen-bond donors (Lipinski definition) is 1. The average Bonchev–Trinajstić information content (AvgIpc) is 2.99. The molecule has 1 saturated heterocycles. The first-order valence-corrected chi connectivity index (χ1v) is 10.7. The number of para-hydroxylation sites is 1. The minimum absolute atomic E-state index is 0.101. The summed E-state index contributed by atoms with van der Waals surface area (Å²) < 4.78 is 19.5. The van der Waals surface area contributed by atoms with E-state index >= 15 is 0 Å². The summed E-state index contributed by atoms with van der Waals surface area (Å²) in [5.74, 6) is -1.93. The van der Waals surface area contributed by atoms with Crippen LogP contribution in [0, 0.1) is 17.2 Å². The number of carbonyl (C=O) groups excluding carboxylic acids is 2. The molecule has 0 radical (unpaired) electrons. The van der Waals surface area contributed by atoms with Gasteiger partial charge < -0.3 is 9.84 Å². The first-order chi connectivity index (χ1) is 15.3. The van der Waals surface area contributed by atoms with Crippen LogP contribution in [0.1, 0.15) is 24.8 Å². The van der Waals surface area contributed by atoms with Crippen LogP contribution in [-0.2, 0) is 9.59 Å². The largest absolute Gasteiger partial charge is 0.491 e. The van der Waals surface area contributed by atoms with E-state index in [-0.39, 0.29) is 35.7 Å². The average molecular weight is 456 g/mol. The summed E-state index contributed by atoms with van der Waals surface area (Å²) in [6.45, 7) is 5.65. The number of anilines is 1. The Kier molecular flexibility index (Phi) is 5.93. The number of imide groups is 1. The van der Waals surface area contributed by atoms with E-state index in [1.807, 2.05) is 24.3 Å². The van der Waals surface area contributed by atoms with Crippen molar-refractivity contribution < 1.29 is 23.8 Å². The number of ether oxygens (including phenoxy) is 1. The molecule has 0 saturated carbocycles. The minimum atomic E-state index is -1.12. The van der Waals surface area contributed by atoms with Crippen molar-refractivity contribution in [2.45, 2.75) is 19.3 Å². The van der Waals surface area contributed by atoms with Gasteiger partial charge >= 0.3 is 0 Å². The molecule has 2 aromatic carbocycles. The predicted molar refractivity (Wildman–Crippen MR) is 120 cm³/mol. The zero-order valence-electron chi connectivity index (χ0n) is 17.6. The quantitative estimate of drug-likeness (QED) is 0.644. The molecule has 32 heavy (non-hydrogen) atoms. The van der Waals surface area contributed by atoms with E-state index in [0.29, 0.717) is 12.2 Å². The normalized spacial score (nSPS) is 24.9. The molecule has 3 atom stereocenters. The van der Waals surface area contributed by atoms with Crippen LogP contribution in [0.25, 0.3) is 0 Å². The first-order valence-electron chi connectivity index (χ1n) is 10.3. The van der Waals surface area contributed by atoms with Gasteiger partial charge in [-0.15, -0.1) is 0 Å². The van der Waals surface area contributed by atoms with Gasteiger partial charge in [-0.05, 0) is 43.2 Å². The van der Waals surface area contributed by atoms with Gasteiger partial charge in [0, 0.05) is 11.5 Å². The summed E-state index contributed by atoms with van der Waals surface area (Å²) in [5, 5.41) is 9.05. The van der Waals surface area contributed by atoms with Gasteiger partial charge in [0.1, 0.15) is 18.2 Å². The number of hydrogen-bond acceptors (Lipinski definition) is 4. The van der Waals surface area contributed by atoms with Gasteiger partial charge in [0.2, 0.25) is 11.8 Å². The summed E-state index contributed by atoms with van der Waals surface area (Å²) in [5.41, 5.74) is 0.684. The van der Waals surface area contributed by atoms with Gasteiger partial charge in [0.15, 0.2) is 0 Å². The maximum atomic E-state index is 13.9. The van der Waals surface area contributed by atoms with Gasteiger partial charge in [-0.25, -0.2) is 9.29 Å². The van der Waals surface area contributed by atoms with Gasteiger partial charge in [0.05, 0.1) is 28.6 Å². The van der Waals surface area contributed by atoms with E-state index in [1.165, 1.54) is 12.1 Å². The molecule has 2 aromatic rings. The molecule has 0 unspecified atom stereocenters. The molecular weight excluding hydrogens is 433 g/mol. The Hall–Kier alpha value is -2.96. The van der Waals surface area contributed by atoms with Crippen molar-refractivity contribution in [3.63, 3.8) is 0 Å². The second-order valence-corrected chi connectivity index (χ2v) is 8.51. The Morgan fingerprint density at radius 3 is 2.75 bits per heavy atom. The Bertz CT molecular complexity index is 1130. The summed E-state index contributed by atoms with van der Waals surface area (Å²) in [4.78, 5) is 28.4. The van der Waals surface area contributed by atoms with Gasteiger partial charge in [0.25, 0.3) is 0 Å². The third-order valence-corrected chi connectivity index (χ3v) is 6.69. The molecule has 2 amide bonds. The Balaban J connectivity index is 1.85. The van der Waals surface area contributed by atoms with E-state index in [2.05, 4.69) is 6.58 Å². The Morgan fingerprint density at radius 1 is 1.31 bits per heavy atom. The maximum absolute atomic E-state index is 13.9. The molecule has 2 aliphatic rings. The van der Waals surface area contributed by atoms with Crippen LogP contribution in [0.2, 0.25) is 5.02 Å². The molecule has 1 heterocycles. The molecule has 1 fully saturated rings. The van der Waals surface area contributed by atoms with E-state index in [4.69, 9.17) is 16.3 Å². The van der Waals surface area contributed by atoms with Crippen LogP contribution in [0.5, 0.6) is 5.75 Å². The van der Waals surface area contributed by atoms with Crippen LogP contribution in [0.3, 0.4) is 0 Å². The highest BCUT2D eigenvalue weighted by molar-refractivity contribution is 6.31. The molecule has 166 valence electrons. The van der Waals surface area contributed by atoms with Crippen molar-refractivity contribution >= 4 is 29.1 Å². The number of aliphatic hydroxyl groups is 1. The van der Waals surface area contributed by atoms with E-state index < -0.39 is 23.1 Å². The molecule has 7 heteroatoms. The van der Waals surface area contributed by atoms with Crippen LogP contribution in [-0.4, -0.2) is 30.1 Å². The number of carbonyl (C=O) groups is 2. The number of halogens is 2. The molecule has 1 N–H and O–H groups in total. The van der Waals surface area contributed by atoms with Gasteiger partial charge in [-0.1, -0.05) is 48.5 Å². The van der Waals surface area contributed by atoms with Gasteiger partial charge in [-0.2, -0.15) is 0 Å². The van der Waals surface area contributed by atoms with Crippen LogP contribution in [0.4, 0.5) is 10.1 Å². The highest BCUT2D eigenvalue weighted by Crippen LogP contribution is 2.58. The lowest BCUT2D eigenvalue weighted by molar-refractivity contribution is -0.127. The lowest BCUT2D eigenvalue weighted by Crippen LogP contribution is -2.41. The number of aliphatic hydroxyl groups excluding tert-OH is 1. The second-order valence-electron chi connectivity index (χ2n) is 8.10. The molecule has 0 bridgehead atoms. The lowest BCUT2D eigenvalue weighted by Gasteiger charge is -2.40. The smallest absolute Gasteiger partial charge is 0.241 e. The SMILES string of the molecule is C=CC1=CC[C@H]2C(=O)N(c3ccc(F)c(Cl)c3)C(=O)[C@@]2(C)[C@H]1c1ccccc1OCCO. The number of nitrogens with zero attached hydrogens (tertiary/aromatic N) is 1. The van der Waals surface area contributed by atoms with E-state index in [9.17, 15) is 19.1 Å². The molecule has 1 aliphatic heterocycles. The Labute approximate surface area is 190 Å². The summed E-state index contributed by atoms with van der Waals surface area (Å²) in [6.07, 6.45) is 4.01. The summed E-state index contributed by atoms with van der Waals surface area (Å²) in [6, 6.07) is 11.1. The third-order valence-electron chi connectivity index (χ3n) is 6.40. The summed E-state index contributed by atoms with van der Waals surface area (Å²) in [7, 11) is 0. The Morgan fingerprint density at radius 2 is 2.06 bits per heavy atom. The van der Waals surface area contributed by atoms with Crippen molar-refractivity contribution in [1.29, 1.82) is 0 Å². The number of benzene rings is 2. The van der Waals surface area contributed by atoms with E-state index in [1.54, 1.807) is 19.1 Å². The fourth-order valence-corrected chi connectivity index (χ4v) is 5.04. The van der Waals surface area contributed by atoms with Crippen molar-refractivity contribution in [3.8, 4) is 5.75 Å². The lowest BCUT2D eigenvalue weighted by atomic mass is 9.60. The first kappa shape index (κ1) is 22.2. The monoisotopic (exact) mass is 455 g/mol. The fraction of sp³-hybridized carbons (Fsp3) is 0.280. The maximum Gasteiger partial charge on any atom is 0.241 e. The third kappa shape index (κ3) is 3.34.